The molecule has 1 saturated carbocycles. The Morgan fingerprint density at radius 3 is 2.59 bits per heavy atom. The van der Waals surface area contributed by atoms with Gasteiger partial charge in [-0.2, -0.15) is 0 Å². The Balaban J connectivity index is 1.60. The third kappa shape index (κ3) is 4.41. The molecule has 2 heterocycles. The number of para-hydroxylation sites is 1. The molecule has 2 aromatic rings. The van der Waals surface area contributed by atoms with Gasteiger partial charge in [-0.3, -0.25) is 19.2 Å². The maximum atomic E-state index is 14.2. The molecular formula is C32H38N2O5. The summed E-state index contributed by atoms with van der Waals surface area (Å²) in [4.78, 5) is 58.2. The number of amides is 1. The number of Topliss-reactive ketones (excluding diaryl/α,β-unsaturated/α-hetero) is 3. The summed E-state index contributed by atoms with van der Waals surface area (Å²) < 4.78 is 0. The number of rotatable bonds is 2. The highest BCUT2D eigenvalue weighted by Gasteiger charge is 2.68. The third-order valence-corrected chi connectivity index (χ3v) is 9.54. The van der Waals surface area contributed by atoms with Crippen molar-refractivity contribution in [2.45, 2.75) is 65.5 Å². The number of aromatic amines is 1. The molecule has 0 unspecified atom stereocenters. The Morgan fingerprint density at radius 1 is 1.08 bits per heavy atom. The zero-order chi connectivity index (χ0) is 28.1. The Bertz CT molecular complexity index is 1390. The number of H-pyrrole nitrogens is 1. The van der Waals surface area contributed by atoms with Crippen LogP contribution in [0.25, 0.3) is 10.9 Å². The van der Waals surface area contributed by atoms with E-state index in [4.69, 9.17) is 0 Å². The minimum Gasteiger partial charge on any atom is -0.385 e. The number of carbonyl (C=O) groups is 4. The van der Waals surface area contributed by atoms with Crippen LogP contribution in [0, 0.1) is 35.0 Å². The lowest BCUT2D eigenvalue weighted by molar-refractivity contribution is -0.158. The zero-order valence-corrected chi connectivity index (χ0v) is 23.1. The number of fused-ring (bicyclic) bond motifs is 1. The largest absolute Gasteiger partial charge is 0.385 e. The molecule has 0 radical (unpaired) electrons. The Hall–Kier alpha value is -3.32. The highest BCUT2D eigenvalue weighted by molar-refractivity contribution is 6.13. The molecule has 1 spiro atoms. The number of allylic oxidation sites excluding steroid dienone is 3. The Kier molecular flexibility index (Phi) is 7.23. The number of ketones is 3. The fraction of sp³-hybridized carbons (Fsp3) is 0.500. The van der Waals surface area contributed by atoms with E-state index in [9.17, 15) is 24.3 Å². The second-order valence-corrected chi connectivity index (χ2v) is 11.9. The predicted molar refractivity (Wildman–Crippen MR) is 149 cm³/mol. The van der Waals surface area contributed by atoms with E-state index in [1.807, 2.05) is 63.4 Å². The van der Waals surface area contributed by atoms with Crippen molar-refractivity contribution >= 4 is 34.2 Å². The van der Waals surface area contributed by atoms with E-state index in [0.717, 1.165) is 16.5 Å². The Labute approximate surface area is 229 Å². The summed E-state index contributed by atoms with van der Waals surface area (Å²) in [6.45, 7) is 7.51. The quantitative estimate of drug-likeness (QED) is 0.399. The van der Waals surface area contributed by atoms with Gasteiger partial charge in [-0.05, 0) is 55.2 Å². The summed E-state index contributed by atoms with van der Waals surface area (Å²) in [5.74, 6) is -3.14. The van der Waals surface area contributed by atoms with Crippen LogP contribution in [0.5, 0.6) is 0 Å². The van der Waals surface area contributed by atoms with Gasteiger partial charge in [0.05, 0.1) is 5.92 Å². The lowest BCUT2D eigenvalue weighted by Gasteiger charge is -2.47. The summed E-state index contributed by atoms with van der Waals surface area (Å²) in [5, 5.41) is 14.9. The molecule has 1 aromatic carbocycles. The van der Waals surface area contributed by atoms with Crippen molar-refractivity contribution in [2.75, 3.05) is 0 Å². The number of aliphatic hydroxyl groups excluding tert-OH is 1. The lowest BCUT2D eigenvalue weighted by atomic mass is 9.51. The summed E-state index contributed by atoms with van der Waals surface area (Å²) >= 11 is 0. The molecule has 5 rings (SSSR count). The fourth-order valence-electron chi connectivity index (χ4n) is 7.38. The number of hydrogen-bond donors (Lipinski definition) is 3. The van der Waals surface area contributed by atoms with Gasteiger partial charge in [-0.1, -0.05) is 57.2 Å². The number of hydrogen-bond acceptors (Lipinski definition) is 5. The van der Waals surface area contributed by atoms with Crippen LogP contribution >= 0.6 is 0 Å². The smallest absolute Gasteiger partial charge is 0.235 e. The molecule has 39 heavy (non-hydrogen) atoms. The van der Waals surface area contributed by atoms with Crippen molar-refractivity contribution in [3.8, 4) is 0 Å². The van der Waals surface area contributed by atoms with Crippen LogP contribution in [0.3, 0.4) is 0 Å². The molecule has 1 saturated heterocycles. The van der Waals surface area contributed by atoms with Crippen LogP contribution in [-0.4, -0.2) is 45.5 Å². The predicted octanol–water partition coefficient (Wildman–Crippen LogP) is 4.10. The minimum absolute atomic E-state index is 0.0114. The van der Waals surface area contributed by atoms with Gasteiger partial charge in [-0.15, -0.1) is 0 Å². The van der Waals surface area contributed by atoms with E-state index in [1.165, 1.54) is 0 Å². The van der Waals surface area contributed by atoms with Crippen LogP contribution in [-0.2, 0) is 25.6 Å². The van der Waals surface area contributed by atoms with Gasteiger partial charge in [-0.25, -0.2) is 0 Å². The number of nitrogens with one attached hydrogen (secondary N) is 2. The highest BCUT2D eigenvalue weighted by Crippen LogP contribution is 2.56. The second-order valence-electron chi connectivity index (χ2n) is 11.9. The summed E-state index contributed by atoms with van der Waals surface area (Å²) in [5.41, 5.74) is 0.936. The first-order chi connectivity index (χ1) is 18.6. The molecule has 2 aliphatic carbocycles. The second kappa shape index (κ2) is 10.3. The van der Waals surface area contributed by atoms with Gasteiger partial charge in [0, 0.05) is 41.4 Å². The van der Waals surface area contributed by atoms with Gasteiger partial charge in [0.2, 0.25) is 5.91 Å². The van der Waals surface area contributed by atoms with Gasteiger partial charge < -0.3 is 15.4 Å². The van der Waals surface area contributed by atoms with Gasteiger partial charge in [0.1, 0.15) is 23.1 Å². The van der Waals surface area contributed by atoms with Crippen molar-refractivity contribution in [2.24, 2.45) is 35.0 Å². The zero-order valence-electron chi connectivity index (χ0n) is 23.1. The van der Waals surface area contributed by atoms with Crippen LogP contribution in [0.15, 0.2) is 54.3 Å². The molecule has 7 heteroatoms. The van der Waals surface area contributed by atoms with E-state index >= 15 is 0 Å². The van der Waals surface area contributed by atoms with Gasteiger partial charge in [0.25, 0.3) is 0 Å². The van der Waals surface area contributed by atoms with E-state index in [0.29, 0.717) is 18.4 Å². The van der Waals surface area contributed by atoms with E-state index in [-0.39, 0.29) is 48.2 Å². The van der Waals surface area contributed by atoms with Crippen LogP contribution < -0.4 is 5.32 Å². The van der Waals surface area contributed by atoms with Crippen LogP contribution in [0.2, 0.25) is 0 Å². The maximum Gasteiger partial charge on any atom is 0.235 e. The van der Waals surface area contributed by atoms with Crippen molar-refractivity contribution in [3.05, 3.63) is 59.8 Å². The van der Waals surface area contributed by atoms with Crippen LogP contribution in [0.4, 0.5) is 0 Å². The van der Waals surface area contributed by atoms with E-state index < -0.39 is 35.0 Å². The molecular weight excluding hydrogens is 492 g/mol. The average Bonchev–Trinajstić information content (AvgIpc) is 3.45. The number of carbonyl (C=O) groups excluding carboxylic acids is 4. The third-order valence-electron chi connectivity index (χ3n) is 9.54. The molecule has 1 aliphatic heterocycles. The topological polar surface area (TPSA) is 116 Å². The molecule has 0 bridgehead atoms. The van der Waals surface area contributed by atoms with Crippen LogP contribution in [0.1, 0.15) is 52.5 Å². The molecule has 8 atom stereocenters. The molecule has 3 N–H and O–H groups in total. The monoisotopic (exact) mass is 530 g/mol. The SMILES string of the molecule is CC1=C[C@@H](C)CC=C[C@H]2C(=O)[C@H](C)[C@@H](C)[C@H]3[C@H](Cc4c[nH]c5ccccc45)NC(=O)[C@]32C(=O)CC[C@H](O)C1=O. The van der Waals surface area contributed by atoms with Crippen molar-refractivity contribution in [1.82, 2.24) is 10.3 Å². The van der Waals surface area contributed by atoms with Gasteiger partial charge in [0.15, 0.2) is 5.78 Å². The summed E-state index contributed by atoms with van der Waals surface area (Å²) in [6, 6.07) is 7.64. The van der Waals surface area contributed by atoms with E-state index in [2.05, 4.69) is 10.3 Å². The Morgan fingerprint density at radius 2 is 1.82 bits per heavy atom. The maximum absolute atomic E-state index is 14.2. The minimum atomic E-state index is -1.57. The number of benzene rings is 1. The summed E-state index contributed by atoms with van der Waals surface area (Å²) in [6.07, 6.45) is 6.93. The lowest BCUT2D eigenvalue weighted by Crippen LogP contribution is -2.59. The number of aliphatic hydroxyl groups is 1. The van der Waals surface area contributed by atoms with Crippen molar-refractivity contribution < 1.29 is 24.3 Å². The molecule has 206 valence electrons. The molecule has 1 amide bonds. The summed E-state index contributed by atoms with van der Waals surface area (Å²) in [7, 11) is 0. The first-order valence-electron chi connectivity index (χ1n) is 14.1. The molecule has 2 fully saturated rings. The average molecular weight is 531 g/mol. The van der Waals surface area contributed by atoms with Crippen molar-refractivity contribution in [3.63, 3.8) is 0 Å². The first kappa shape index (κ1) is 27.3. The normalized spacial score (nSPS) is 35.9. The number of aromatic nitrogens is 1. The fourth-order valence-corrected chi connectivity index (χ4v) is 7.38. The van der Waals surface area contributed by atoms with E-state index in [1.54, 1.807) is 13.0 Å². The first-order valence-corrected chi connectivity index (χ1v) is 14.1. The van der Waals surface area contributed by atoms with Gasteiger partial charge >= 0.3 is 0 Å². The molecule has 3 aliphatic rings. The highest BCUT2D eigenvalue weighted by atomic mass is 16.3. The standard InChI is InChI=1S/C32H38N2O5/c1-17-8-7-10-23-30(38)20(4)19(3)28-25(15-21-16-33-24-11-6-5-9-22(21)24)34-31(39)32(23,28)27(36)13-12-26(35)29(37)18(2)14-17/h5-7,9-11,14,16-17,19-20,23,25-26,28,33,35H,8,12-13,15H2,1-4H3,(H,34,39)/t17-,19+,20+,23-,25-,26-,28-,32+/m0/s1. The van der Waals surface area contributed by atoms with Crippen molar-refractivity contribution in [1.29, 1.82) is 0 Å². The molecule has 1 aromatic heterocycles. The molecule has 7 nitrogen and oxygen atoms in total.